The Labute approximate surface area is 103 Å². The van der Waals surface area contributed by atoms with Gasteiger partial charge in [-0.25, -0.2) is 0 Å². The first-order valence-corrected chi connectivity index (χ1v) is 5.54. The van der Waals surface area contributed by atoms with Gasteiger partial charge in [0.1, 0.15) is 18.0 Å². The second kappa shape index (κ2) is 4.78. The Bertz CT molecular complexity index is 405. The number of hydrogen-bond donors (Lipinski definition) is 1. The van der Waals surface area contributed by atoms with Crippen LogP contribution in [0.2, 0.25) is 0 Å². The third kappa shape index (κ3) is 2.59. The second-order valence-corrected chi connectivity index (χ2v) is 4.28. The molecule has 1 aromatic rings. The topological polar surface area (TPSA) is 44.5 Å². The van der Waals surface area contributed by atoms with Gasteiger partial charge in [-0.15, -0.1) is 0 Å². The maximum atomic E-state index is 12.3. The molecule has 0 bridgehead atoms. The van der Waals surface area contributed by atoms with E-state index in [2.05, 4.69) is 0 Å². The average molecular weight is 261 g/mol. The number of methoxy groups -OCH3 is 1. The zero-order chi connectivity index (χ0) is 13.3. The van der Waals surface area contributed by atoms with Crippen LogP contribution in [-0.2, 0) is 10.9 Å². The van der Waals surface area contributed by atoms with Crippen molar-refractivity contribution in [3.63, 3.8) is 0 Å². The molecule has 1 aromatic carbocycles. The van der Waals surface area contributed by atoms with Crippen molar-refractivity contribution in [1.29, 1.82) is 0 Å². The van der Waals surface area contributed by atoms with Crippen molar-refractivity contribution >= 4 is 0 Å². The molecule has 2 rings (SSSR count). The van der Waals surface area contributed by atoms with E-state index in [9.17, 15) is 13.2 Å². The molecular weight excluding hydrogens is 247 g/mol. The number of rotatable bonds is 3. The molecule has 3 unspecified atom stereocenters. The maximum absolute atomic E-state index is 12.3. The molecule has 1 fully saturated rings. The average Bonchev–Trinajstić information content (AvgIpc) is 2.28. The van der Waals surface area contributed by atoms with Crippen LogP contribution in [0.5, 0.6) is 5.75 Å². The summed E-state index contributed by atoms with van der Waals surface area (Å²) in [4.78, 5) is 0. The number of alkyl halides is 3. The Hall–Kier alpha value is -1.27. The smallest absolute Gasteiger partial charge is 0.416 e. The zero-order valence-corrected chi connectivity index (χ0v) is 9.78. The summed E-state index contributed by atoms with van der Waals surface area (Å²) in [5.41, 5.74) is 5.01. The number of hydrogen-bond acceptors (Lipinski definition) is 3. The number of benzene rings is 1. The van der Waals surface area contributed by atoms with Crippen LogP contribution in [0.3, 0.4) is 0 Å². The van der Waals surface area contributed by atoms with Crippen molar-refractivity contribution in [2.24, 2.45) is 5.73 Å². The number of ether oxygens (including phenoxy) is 2. The molecule has 0 saturated heterocycles. The molecule has 2 N–H and O–H groups in total. The molecule has 1 aliphatic carbocycles. The monoisotopic (exact) mass is 261 g/mol. The van der Waals surface area contributed by atoms with Gasteiger partial charge >= 0.3 is 6.18 Å². The van der Waals surface area contributed by atoms with Gasteiger partial charge in [-0.1, -0.05) is 0 Å². The van der Waals surface area contributed by atoms with Crippen molar-refractivity contribution in [2.75, 3.05) is 7.11 Å². The quantitative estimate of drug-likeness (QED) is 0.907. The van der Waals surface area contributed by atoms with Gasteiger partial charge in [-0.05, 0) is 24.3 Å². The minimum absolute atomic E-state index is 0.0746. The number of nitrogens with two attached hydrogens (primary N) is 1. The molecule has 0 aromatic heterocycles. The summed E-state index contributed by atoms with van der Waals surface area (Å²) in [6.07, 6.45) is -4.08. The summed E-state index contributed by atoms with van der Waals surface area (Å²) in [6, 6.07) is 4.53. The molecule has 6 heteroatoms. The zero-order valence-electron chi connectivity index (χ0n) is 9.78. The van der Waals surface area contributed by atoms with Crippen LogP contribution < -0.4 is 10.5 Å². The van der Waals surface area contributed by atoms with Crippen molar-refractivity contribution in [1.82, 2.24) is 0 Å². The van der Waals surface area contributed by atoms with Crippen molar-refractivity contribution in [2.45, 2.75) is 30.8 Å². The Morgan fingerprint density at radius 2 is 1.83 bits per heavy atom. The second-order valence-electron chi connectivity index (χ2n) is 4.28. The lowest BCUT2D eigenvalue weighted by Crippen LogP contribution is -2.59. The Balaban J connectivity index is 1.99. The van der Waals surface area contributed by atoms with Crippen LogP contribution in [-0.4, -0.2) is 25.4 Å². The Morgan fingerprint density at radius 3 is 2.28 bits per heavy atom. The summed E-state index contributed by atoms with van der Waals surface area (Å²) in [5.74, 6) is 0.391. The van der Waals surface area contributed by atoms with E-state index in [1.807, 2.05) is 0 Å². The third-order valence-corrected chi connectivity index (χ3v) is 3.03. The van der Waals surface area contributed by atoms with Gasteiger partial charge in [0.25, 0.3) is 0 Å². The van der Waals surface area contributed by atoms with Gasteiger partial charge in [0.15, 0.2) is 0 Å². The van der Waals surface area contributed by atoms with Gasteiger partial charge < -0.3 is 15.2 Å². The molecule has 1 saturated carbocycles. The molecule has 3 nitrogen and oxygen atoms in total. The van der Waals surface area contributed by atoms with E-state index in [0.717, 1.165) is 12.1 Å². The highest BCUT2D eigenvalue weighted by Crippen LogP contribution is 2.32. The fourth-order valence-corrected chi connectivity index (χ4v) is 1.96. The van der Waals surface area contributed by atoms with E-state index in [1.54, 1.807) is 0 Å². The van der Waals surface area contributed by atoms with Crippen LogP contribution in [0.1, 0.15) is 12.0 Å². The lowest BCUT2D eigenvalue weighted by Gasteiger charge is -2.40. The van der Waals surface area contributed by atoms with Crippen LogP contribution >= 0.6 is 0 Å². The van der Waals surface area contributed by atoms with Gasteiger partial charge in [0, 0.05) is 19.6 Å². The largest absolute Gasteiger partial charge is 0.488 e. The predicted molar refractivity (Wildman–Crippen MR) is 59.2 cm³/mol. The molecular formula is C12H14F3NO2. The van der Waals surface area contributed by atoms with E-state index in [0.29, 0.717) is 12.2 Å². The van der Waals surface area contributed by atoms with Crippen LogP contribution in [0.25, 0.3) is 0 Å². The van der Waals surface area contributed by atoms with Crippen molar-refractivity contribution < 1.29 is 22.6 Å². The van der Waals surface area contributed by atoms with Crippen molar-refractivity contribution in [3.8, 4) is 5.75 Å². The molecule has 0 spiro atoms. The lowest BCUT2D eigenvalue weighted by molar-refractivity contribution is -0.137. The molecule has 0 heterocycles. The standard InChI is InChI=1S/C12H14F3NO2/c1-17-11-9(16)6-10(11)18-8-4-2-7(3-5-8)12(13,14)15/h2-5,9-11H,6,16H2,1H3. The highest BCUT2D eigenvalue weighted by molar-refractivity contribution is 5.29. The van der Waals surface area contributed by atoms with Gasteiger partial charge in [-0.3, -0.25) is 0 Å². The normalized spacial score (nSPS) is 27.7. The van der Waals surface area contributed by atoms with Gasteiger partial charge in [0.2, 0.25) is 0 Å². The predicted octanol–water partition coefficient (Wildman–Crippen LogP) is 2.20. The van der Waals surface area contributed by atoms with E-state index in [4.69, 9.17) is 15.2 Å². The Morgan fingerprint density at radius 1 is 1.22 bits per heavy atom. The van der Waals surface area contributed by atoms with Crippen molar-refractivity contribution in [3.05, 3.63) is 29.8 Å². The van der Waals surface area contributed by atoms with E-state index >= 15 is 0 Å². The molecule has 0 radical (unpaired) electrons. The van der Waals surface area contributed by atoms with Gasteiger partial charge in [0.05, 0.1) is 5.56 Å². The molecule has 100 valence electrons. The first-order chi connectivity index (χ1) is 8.41. The van der Waals surface area contributed by atoms with Crippen LogP contribution in [0.4, 0.5) is 13.2 Å². The minimum atomic E-state index is -4.33. The summed E-state index contributed by atoms with van der Waals surface area (Å²) < 4.78 is 47.7. The Kier molecular flexibility index (Phi) is 3.49. The fourth-order valence-electron chi connectivity index (χ4n) is 1.96. The lowest BCUT2D eigenvalue weighted by atomic mass is 9.86. The highest BCUT2D eigenvalue weighted by atomic mass is 19.4. The van der Waals surface area contributed by atoms with Crippen LogP contribution in [0.15, 0.2) is 24.3 Å². The first-order valence-electron chi connectivity index (χ1n) is 5.54. The van der Waals surface area contributed by atoms with Crippen LogP contribution in [0, 0.1) is 0 Å². The fraction of sp³-hybridized carbons (Fsp3) is 0.500. The van der Waals surface area contributed by atoms with Gasteiger partial charge in [-0.2, -0.15) is 13.2 Å². The molecule has 1 aliphatic rings. The molecule has 18 heavy (non-hydrogen) atoms. The molecule has 3 atom stereocenters. The third-order valence-electron chi connectivity index (χ3n) is 3.03. The van der Waals surface area contributed by atoms with E-state index < -0.39 is 11.7 Å². The first kappa shape index (κ1) is 13.2. The maximum Gasteiger partial charge on any atom is 0.416 e. The van der Waals surface area contributed by atoms with E-state index in [1.165, 1.54) is 19.2 Å². The SMILES string of the molecule is COC1C(N)CC1Oc1ccc(C(F)(F)F)cc1. The number of halogens is 3. The molecule has 0 amide bonds. The summed E-state index contributed by atoms with van der Waals surface area (Å²) >= 11 is 0. The summed E-state index contributed by atoms with van der Waals surface area (Å²) in [5, 5.41) is 0. The highest BCUT2D eigenvalue weighted by Gasteiger charge is 2.41. The van der Waals surface area contributed by atoms with E-state index in [-0.39, 0.29) is 18.2 Å². The summed E-state index contributed by atoms with van der Waals surface area (Å²) in [7, 11) is 1.53. The minimum Gasteiger partial charge on any atom is -0.488 e. The summed E-state index contributed by atoms with van der Waals surface area (Å²) in [6.45, 7) is 0. The molecule has 0 aliphatic heterocycles.